The number of nitrogens with zero attached hydrogens (tertiary/aromatic N) is 4. The number of nitrogens with one attached hydrogen (secondary N) is 2. The standard InChI is InChI=1S/C23H33BrN6O/c1-29(2)18-11-13-30(14-12-18)19-7-3-17(4-8-19)27-23-25-15-21(24)22(28-23)26-16-5-9-20(31)10-6-16/h3-4,7-8,15-16,18,20,31H,5-6,9-14H2,1-2H3,(H2,25,26,27,28). The van der Waals surface area contributed by atoms with Gasteiger partial charge < -0.3 is 25.5 Å². The van der Waals surface area contributed by atoms with Crippen molar-refractivity contribution < 1.29 is 5.11 Å². The van der Waals surface area contributed by atoms with E-state index >= 15 is 0 Å². The third-order valence-electron chi connectivity index (χ3n) is 6.47. The molecule has 0 radical (unpaired) electrons. The number of hydrogen-bond acceptors (Lipinski definition) is 7. The van der Waals surface area contributed by atoms with Crippen LogP contribution in [0.3, 0.4) is 0 Å². The van der Waals surface area contributed by atoms with E-state index in [4.69, 9.17) is 0 Å². The Morgan fingerprint density at radius 2 is 1.71 bits per heavy atom. The predicted octanol–water partition coefficient (Wildman–Crippen LogP) is 4.23. The molecule has 1 saturated carbocycles. The highest BCUT2D eigenvalue weighted by Crippen LogP contribution is 2.28. The maximum atomic E-state index is 9.71. The number of hydrogen-bond donors (Lipinski definition) is 3. The third kappa shape index (κ3) is 5.87. The first-order valence-electron chi connectivity index (χ1n) is 11.2. The molecule has 0 atom stereocenters. The van der Waals surface area contributed by atoms with Crippen LogP contribution in [0.15, 0.2) is 34.9 Å². The molecule has 2 aliphatic rings. The summed E-state index contributed by atoms with van der Waals surface area (Å²) >= 11 is 3.55. The molecule has 168 valence electrons. The van der Waals surface area contributed by atoms with Gasteiger partial charge in [0.05, 0.1) is 10.6 Å². The van der Waals surface area contributed by atoms with Crippen LogP contribution >= 0.6 is 15.9 Å². The molecular formula is C23H33BrN6O. The molecule has 1 aliphatic carbocycles. The van der Waals surface area contributed by atoms with Crippen molar-refractivity contribution in [3.8, 4) is 0 Å². The molecule has 8 heteroatoms. The van der Waals surface area contributed by atoms with Crippen molar-refractivity contribution in [2.75, 3.05) is 42.7 Å². The van der Waals surface area contributed by atoms with Gasteiger partial charge in [0.15, 0.2) is 0 Å². The van der Waals surface area contributed by atoms with Crippen molar-refractivity contribution >= 4 is 39.1 Å². The Hall–Kier alpha value is -1.90. The molecule has 0 spiro atoms. The zero-order chi connectivity index (χ0) is 21.8. The van der Waals surface area contributed by atoms with Crippen molar-refractivity contribution in [2.24, 2.45) is 0 Å². The summed E-state index contributed by atoms with van der Waals surface area (Å²) < 4.78 is 0.848. The Kier molecular flexibility index (Phi) is 7.30. The van der Waals surface area contributed by atoms with Crippen LogP contribution in [0, 0.1) is 0 Å². The van der Waals surface area contributed by atoms with Gasteiger partial charge in [-0.25, -0.2) is 4.98 Å². The summed E-state index contributed by atoms with van der Waals surface area (Å²) in [5, 5.41) is 16.5. The number of rotatable bonds is 6. The summed E-state index contributed by atoms with van der Waals surface area (Å²) in [4.78, 5) is 13.9. The fraction of sp³-hybridized carbons (Fsp3) is 0.565. The molecule has 1 saturated heterocycles. The molecule has 0 amide bonds. The summed E-state index contributed by atoms with van der Waals surface area (Å²) in [6, 6.07) is 9.54. The fourth-order valence-electron chi connectivity index (χ4n) is 4.47. The Morgan fingerprint density at radius 1 is 1.03 bits per heavy atom. The first-order valence-corrected chi connectivity index (χ1v) is 12.0. The molecule has 7 nitrogen and oxygen atoms in total. The number of aliphatic hydroxyl groups is 1. The average Bonchev–Trinajstić information content (AvgIpc) is 2.78. The van der Waals surface area contributed by atoms with Crippen LogP contribution in [0.2, 0.25) is 0 Å². The monoisotopic (exact) mass is 488 g/mol. The maximum absolute atomic E-state index is 9.71. The molecule has 0 unspecified atom stereocenters. The van der Waals surface area contributed by atoms with E-state index in [1.165, 1.54) is 18.5 Å². The Labute approximate surface area is 193 Å². The minimum Gasteiger partial charge on any atom is -0.393 e. The lowest BCUT2D eigenvalue weighted by Gasteiger charge is -2.36. The topological polar surface area (TPSA) is 76.5 Å². The SMILES string of the molecule is CN(C)C1CCN(c2ccc(Nc3ncc(Br)c(NC4CCC(O)CC4)n3)cc2)CC1. The minimum atomic E-state index is -0.161. The Balaban J connectivity index is 1.36. The van der Waals surface area contributed by atoms with Crippen molar-refractivity contribution in [2.45, 2.75) is 56.7 Å². The number of aliphatic hydroxyl groups excluding tert-OH is 1. The first-order chi connectivity index (χ1) is 15.0. The van der Waals surface area contributed by atoms with Gasteiger partial charge in [-0.3, -0.25) is 0 Å². The molecule has 1 aliphatic heterocycles. The molecule has 2 fully saturated rings. The fourth-order valence-corrected chi connectivity index (χ4v) is 4.77. The van der Waals surface area contributed by atoms with Crippen LogP contribution in [-0.2, 0) is 0 Å². The van der Waals surface area contributed by atoms with E-state index in [2.05, 4.69) is 84.7 Å². The van der Waals surface area contributed by atoms with E-state index in [9.17, 15) is 5.11 Å². The highest BCUT2D eigenvalue weighted by Gasteiger charge is 2.21. The lowest BCUT2D eigenvalue weighted by atomic mass is 9.93. The lowest BCUT2D eigenvalue weighted by molar-refractivity contribution is 0.126. The second kappa shape index (κ2) is 10.1. The lowest BCUT2D eigenvalue weighted by Crippen LogP contribution is -2.41. The number of anilines is 4. The van der Waals surface area contributed by atoms with E-state index in [0.717, 1.165) is 54.8 Å². The van der Waals surface area contributed by atoms with Gasteiger partial charge in [-0.2, -0.15) is 4.98 Å². The molecule has 0 bridgehead atoms. The molecular weight excluding hydrogens is 456 g/mol. The predicted molar refractivity (Wildman–Crippen MR) is 130 cm³/mol. The number of halogens is 1. The molecule has 4 rings (SSSR count). The number of aromatic nitrogens is 2. The van der Waals surface area contributed by atoms with Crippen LogP contribution in [0.5, 0.6) is 0 Å². The van der Waals surface area contributed by atoms with Gasteiger partial charge in [-0.15, -0.1) is 0 Å². The van der Waals surface area contributed by atoms with Gasteiger partial charge >= 0.3 is 0 Å². The summed E-state index contributed by atoms with van der Waals surface area (Å²) in [5.41, 5.74) is 2.24. The Bertz CT molecular complexity index is 846. The second-order valence-electron chi connectivity index (χ2n) is 8.89. The first kappa shape index (κ1) is 22.3. The van der Waals surface area contributed by atoms with Crippen molar-refractivity contribution in [3.05, 3.63) is 34.9 Å². The van der Waals surface area contributed by atoms with Crippen molar-refractivity contribution in [1.29, 1.82) is 0 Å². The van der Waals surface area contributed by atoms with Crippen LogP contribution in [0.1, 0.15) is 38.5 Å². The normalized spacial score (nSPS) is 22.5. The van der Waals surface area contributed by atoms with Gasteiger partial charge in [0, 0.05) is 42.7 Å². The largest absolute Gasteiger partial charge is 0.393 e. The summed E-state index contributed by atoms with van der Waals surface area (Å²) in [7, 11) is 4.34. The van der Waals surface area contributed by atoms with E-state index < -0.39 is 0 Å². The van der Waals surface area contributed by atoms with Crippen LogP contribution < -0.4 is 15.5 Å². The molecule has 2 aromatic rings. The van der Waals surface area contributed by atoms with Crippen LogP contribution in [0.25, 0.3) is 0 Å². The Morgan fingerprint density at radius 3 is 2.35 bits per heavy atom. The molecule has 1 aromatic carbocycles. The van der Waals surface area contributed by atoms with Gasteiger partial charge in [0.2, 0.25) is 5.95 Å². The zero-order valence-corrected chi connectivity index (χ0v) is 20.0. The summed E-state index contributed by atoms with van der Waals surface area (Å²) in [6.07, 6.45) is 7.60. The number of benzene rings is 1. The second-order valence-corrected chi connectivity index (χ2v) is 9.75. The van der Waals surface area contributed by atoms with Crippen LogP contribution in [-0.4, -0.2) is 65.3 Å². The van der Waals surface area contributed by atoms with E-state index in [1.807, 2.05) is 0 Å². The number of piperidine rings is 1. The molecule has 1 aromatic heterocycles. The van der Waals surface area contributed by atoms with Gasteiger partial charge in [0.25, 0.3) is 0 Å². The van der Waals surface area contributed by atoms with Gasteiger partial charge in [-0.05, 0) is 92.8 Å². The van der Waals surface area contributed by atoms with Crippen LogP contribution in [0.4, 0.5) is 23.1 Å². The average molecular weight is 489 g/mol. The zero-order valence-electron chi connectivity index (χ0n) is 18.4. The van der Waals surface area contributed by atoms with Crippen molar-refractivity contribution in [3.63, 3.8) is 0 Å². The third-order valence-corrected chi connectivity index (χ3v) is 7.05. The van der Waals surface area contributed by atoms with E-state index in [1.54, 1.807) is 6.20 Å². The molecule has 31 heavy (non-hydrogen) atoms. The van der Waals surface area contributed by atoms with Crippen molar-refractivity contribution in [1.82, 2.24) is 14.9 Å². The maximum Gasteiger partial charge on any atom is 0.229 e. The minimum absolute atomic E-state index is 0.161. The summed E-state index contributed by atoms with van der Waals surface area (Å²) in [5.74, 6) is 1.36. The highest BCUT2D eigenvalue weighted by atomic mass is 79.9. The summed E-state index contributed by atoms with van der Waals surface area (Å²) in [6.45, 7) is 2.19. The molecule has 3 N–H and O–H groups in total. The van der Waals surface area contributed by atoms with E-state index in [0.29, 0.717) is 18.0 Å². The molecule has 2 heterocycles. The van der Waals surface area contributed by atoms with E-state index in [-0.39, 0.29) is 6.10 Å². The van der Waals surface area contributed by atoms with Gasteiger partial charge in [-0.1, -0.05) is 0 Å². The smallest absolute Gasteiger partial charge is 0.229 e. The quantitative estimate of drug-likeness (QED) is 0.561. The highest BCUT2D eigenvalue weighted by molar-refractivity contribution is 9.10. The van der Waals surface area contributed by atoms with Gasteiger partial charge in [0.1, 0.15) is 5.82 Å².